The Morgan fingerprint density at radius 1 is 1.19 bits per heavy atom. The van der Waals surface area contributed by atoms with Crippen LogP contribution in [0.15, 0.2) is 0 Å². The van der Waals surface area contributed by atoms with E-state index in [1.54, 1.807) is 0 Å². The lowest BCUT2D eigenvalue weighted by Crippen LogP contribution is -2.65. The Kier molecular flexibility index (Phi) is 6.51. The van der Waals surface area contributed by atoms with Gasteiger partial charge in [-0.15, -0.1) is 10.2 Å². The van der Waals surface area contributed by atoms with Crippen LogP contribution in [0, 0.1) is 17.3 Å². The van der Waals surface area contributed by atoms with Crippen molar-refractivity contribution in [2.75, 3.05) is 31.1 Å². The van der Waals surface area contributed by atoms with E-state index in [0.29, 0.717) is 28.8 Å². The maximum atomic E-state index is 12.1. The van der Waals surface area contributed by atoms with E-state index in [1.807, 2.05) is 20.8 Å². The maximum absolute atomic E-state index is 12.1. The number of anilines is 1. The van der Waals surface area contributed by atoms with E-state index in [-0.39, 0.29) is 22.8 Å². The van der Waals surface area contributed by atoms with Gasteiger partial charge in [0.25, 0.3) is 0 Å². The molecule has 0 aromatic carbocycles. The lowest BCUT2D eigenvalue weighted by Gasteiger charge is -2.56. The monoisotopic (exact) mass is 484 g/mol. The molecule has 1 aromatic heterocycles. The highest BCUT2D eigenvalue weighted by molar-refractivity contribution is 6.32. The molecular weight excluding hydrogens is 451 g/mol. The first kappa shape index (κ1) is 23.8. The second kappa shape index (κ2) is 8.76. The highest BCUT2D eigenvalue weighted by Gasteiger charge is 2.52. The molecule has 10 heteroatoms. The summed E-state index contributed by atoms with van der Waals surface area (Å²) in [6.45, 7) is 14.2. The van der Waals surface area contributed by atoms with Crippen molar-refractivity contribution in [2.24, 2.45) is 17.3 Å². The number of halogens is 2. The van der Waals surface area contributed by atoms with Gasteiger partial charge in [0.2, 0.25) is 5.28 Å². The highest BCUT2D eigenvalue weighted by Crippen LogP contribution is 2.46. The number of likely N-dealkylation sites (tertiary alicyclic amines) is 1. The summed E-state index contributed by atoms with van der Waals surface area (Å²) in [5.41, 5.74) is -0.196. The molecule has 1 saturated carbocycles. The van der Waals surface area contributed by atoms with E-state index in [4.69, 9.17) is 27.9 Å². The summed E-state index contributed by atoms with van der Waals surface area (Å²) >= 11 is 12.2. The zero-order chi connectivity index (χ0) is 23.3. The first-order valence-corrected chi connectivity index (χ1v) is 12.2. The second-order valence-corrected chi connectivity index (χ2v) is 11.8. The van der Waals surface area contributed by atoms with Crippen LogP contribution in [0.3, 0.4) is 0 Å². The first-order valence-electron chi connectivity index (χ1n) is 11.5. The van der Waals surface area contributed by atoms with Gasteiger partial charge in [0, 0.05) is 43.7 Å². The van der Waals surface area contributed by atoms with Gasteiger partial charge in [0.1, 0.15) is 5.60 Å². The fourth-order valence-electron chi connectivity index (χ4n) is 5.68. The van der Waals surface area contributed by atoms with Gasteiger partial charge in [-0.25, -0.2) is 4.79 Å². The Balaban J connectivity index is 1.29. The number of rotatable bonds is 5. The van der Waals surface area contributed by atoms with Crippen LogP contribution in [0.4, 0.5) is 10.6 Å². The van der Waals surface area contributed by atoms with Crippen molar-refractivity contribution in [3.05, 3.63) is 10.4 Å². The Morgan fingerprint density at radius 2 is 1.88 bits per heavy atom. The number of ether oxygens (including phenoxy) is 1. The van der Waals surface area contributed by atoms with Crippen molar-refractivity contribution in [1.29, 1.82) is 0 Å². The highest BCUT2D eigenvalue weighted by atomic mass is 35.5. The standard InChI is InChI=1S/C22H34Cl2N6O2/c1-13(2)16(14-8-15(9-14)25-20(31)32-21(3,4)5)30-11-22(12-30)6-7-29(10-22)18-17(23)27-28-19(24)26-18/h13-16H,6-12H2,1-5H3,(H,25,31)/t14?,15?,16-/m1/s1. The summed E-state index contributed by atoms with van der Waals surface area (Å²) < 4.78 is 5.40. The average Bonchev–Trinajstić information content (AvgIpc) is 3.05. The fraction of sp³-hybridized carbons (Fsp3) is 0.818. The predicted octanol–water partition coefficient (Wildman–Crippen LogP) is 4.02. The van der Waals surface area contributed by atoms with Gasteiger partial charge in [-0.2, -0.15) is 4.98 Å². The molecule has 2 aliphatic heterocycles. The molecule has 0 radical (unpaired) electrons. The number of aromatic nitrogens is 3. The second-order valence-electron chi connectivity index (χ2n) is 11.1. The molecule has 8 nitrogen and oxygen atoms in total. The topological polar surface area (TPSA) is 83.5 Å². The third-order valence-corrected chi connectivity index (χ3v) is 7.31. The molecule has 1 atom stereocenters. The van der Waals surface area contributed by atoms with E-state index in [0.717, 1.165) is 45.4 Å². The molecular formula is C22H34Cl2N6O2. The minimum atomic E-state index is -0.466. The predicted molar refractivity (Wildman–Crippen MR) is 125 cm³/mol. The van der Waals surface area contributed by atoms with Crippen molar-refractivity contribution in [1.82, 2.24) is 25.4 Å². The van der Waals surface area contributed by atoms with Crippen LogP contribution >= 0.6 is 23.2 Å². The normalized spacial score (nSPS) is 26.1. The van der Waals surface area contributed by atoms with Crippen LogP contribution < -0.4 is 10.2 Å². The number of carbonyl (C=O) groups is 1. The number of hydrogen-bond acceptors (Lipinski definition) is 7. The summed E-state index contributed by atoms with van der Waals surface area (Å²) in [7, 11) is 0. The van der Waals surface area contributed by atoms with E-state index in [1.165, 1.54) is 0 Å². The van der Waals surface area contributed by atoms with Crippen LogP contribution in [0.25, 0.3) is 0 Å². The molecule has 3 heterocycles. The van der Waals surface area contributed by atoms with Gasteiger partial charge >= 0.3 is 6.09 Å². The Hall–Kier alpha value is -1.38. The minimum Gasteiger partial charge on any atom is -0.444 e. The number of alkyl carbamates (subject to hydrolysis) is 1. The van der Waals surface area contributed by atoms with Crippen LogP contribution in [0.1, 0.15) is 53.9 Å². The Labute approximate surface area is 200 Å². The van der Waals surface area contributed by atoms with Crippen molar-refractivity contribution < 1.29 is 9.53 Å². The smallest absolute Gasteiger partial charge is 0.407 e. The van der Waals surface area contributed by atoms with E-state index < -0.39 is 5.60 Å². The zero-order valence-corrected chi connectivity index (χ0v) is 21.1. The summed E-state index contributed by atoms with van der Waals surface area (Å²) in [4.78, 5) is 21.2. The number of nitrogens with zero attached hydrogens (tertiary/aromatic N) is 5. The third kappa shape index (κ3) is 5.07. The van der Waals surface area contributed by atoms with Crippen LogP contribution in [-0.2, 0) is 4.74 Å². The van der Waals surface area contributed by atoms with Gasteiger partial charge in [-0.1, -0.05) is 25.4 Å². The number of hydrogen-bond donors (Lipinski definition) is 1. The van der Waals surface area contributed by atoms with Crippen molar-refractivity contribution in [3.8, 4) is 0 Å². The van der Waals surface area contributed by atoms with Crippen LogP contribution in [0.5, 0.6) is 0 Å². The molecule has 2 saturated heterocycles. The molecule has 1 aliphatic carbocycles. The molecule has 1 aromatic rings. The molecule has 0 bridgehead atoms. The molecule has 0 unspecified atom stereocenters. The SMILES string of the molecule is CC(C)[C@H](C1CC(NC(=O)OC(C)(C)C)C1)N1CC2(CCN(c3nc(Cl)nnc3Cl)C2)C1. The summed E-state index contributed by atoms with van der Waals surface area (Å²) in [5.74, 6) is 1.80. The molecule has 3 aliphatic rings. The number of nitrogens with one attached hydrogen (secondary N) is 1. The van der Waals surface area contributed by atoms with Gasteiger partial charge in [0.05, 0.1) is 0 Å². The third-order valence-electron chi connectivity index (χ3n) is 6.90. The molecule has 1 N–H and O–H groups in total. The molecule has 4 rings (SSSR count). The maximum Gasteiger partial charge on any atom is 0.407 e. The summed E-state index contributed by atoms with van der Waals surface area (Å²) in [6, 6.07) is 0.746. The van der Waals surface area contributed by atoms with E-state index in [2.05, 4.69) is 44.1 Å². The lowest BCUT2D eigenvalue weighted by molar-refractivity contribution is -0.0691. The van der Waals surface area contributed by atoms with E-state index >= 15 is 0 Å². The fourth-order valence-corrected chi connectivity index (χ4v) is 6.00. The molecule has 1 spiro atoms. The van der Waals surface area contributed by atoms with Gasteiger partial charge < -0.3 is 15.0 Å². The zero-order valence-electron chi connectivity index (χ0n) is 19.6. The average molecular weight is 485 g/mol. The Morgan fingerprint density at radius 3 is 2.50 bits per heavy atom. The van der Waals surface area contributed by atoms with Gasteiger partial charge in [0.15, 0.2) is 11.0 Å². The Bertz CT molecular complexity index is 849. The van der Waals surface area contributed by atoms with Gasteiger partial charge in [-0.05, 0) is 63.5 Å². The van der Waals surface area contributed by atoms with Crippen LogP contribution in [0.2, 0.25) is 10.4 Å². The lowest BCUT2D eigenvalue weighted by atomic mass is 9.68. The number of carbonyl (C=O) groups excluding carboxylic acids is 1. The quantitative estimate of drug-likeness (QED) is 0.675. The molecule has 1 amide bonds. The summed E-state index contributed by atoms with van der Waals surface area (Å²) in [6.07, 6.45) is 2.82. The van der Waals surface area contributed by atoms with Crippen molar-refractivity contribution >= 4 is 35.1 Å². The van der Waals surface area contributed by atoms with E-state index in [9.17, 15) is 4.79 Å². The van der Waals surface area contributed by atoms with Crippen LogP contribution in [-0.4, -0.2) is 70.0 Å². The molecule has 178 valence electrons. The first-order chi connectivity index (χ1) is 14.9. The largest absolute Gasteiger partial charge is 0.444 e. The van der Waals surface area contributed by atoms with Crippen molar-refractivity contribution in [2.45, 2.75) is 71.6 Å². The number of amides is 1. The minimum absolute atomic E-state index is 0.125. The summed E-state index contributed by atoms with van der Waals surface area (Å²) in [5, 5.41) is 11.1. The van der Waals surface area contributed by atoms with Crippen molar-refractivity contribution in [3.63, 3.8) is 0 Å². The molecule has 32 heavy (non-hydrogen) atoms. The van der Waals surface area contributed by atoms with Gasteiger partial charge in [-0.3, -0.25) is 4.90 Å². The molecule has 3 fully saturated rings.